The van der Waals surface area contributed by atoms with E-state index in [2.05, 4.69) is 37.7 Å². The predicted molar refractivity (Wildman–Crippen MR) is 58.0 cm³/mol. The summed E-state index contributed by atoms with van der Waals surface area (Å²) < 4.78 is 0. The molecule has 0 aromatic heterocycles. The van der Waals surface area contributed by atoms with Crippen molar-refractivity contribution in [1.82, 2.24) is 9.80 Å². The molecule has 1 heterocycles. The van der Waals surface area contributed by atoms with E-state index >= 15 is 0 Å². The van der Waals surface area contributed by atoms with Crippen LogP contribution < -0.4 is 0 Å². The first-order valence-electron chi connectivity index (χ1n) is 5.49. The Morgan fingerprint density at radius 1 is 1.38 bits per heavy atom. The lowest BCUT2D eigenvalue weighted by Gasteiger charge is -2.32. The highest BCUT2D eigenvalue weighted by molar-refractivity contribution is 4.89. The Bertz CT molecular complexity index is 158. The lowest BCUT2D eigenvalue weighted by atomic mass is 9.84. The molecule has 1 fully saturated rings. The summed E-state index contributed by atoms with van der Waals surface area (Å²) in [6, 6.07) is 0. The molecule has 0 N–H and O–H groups in total. The van der Waals surface area contributed by atoms with Crippen molar-refractivity contribution < 1.29 is 0 Å². The van der Waals surface area contributed by atoms with Gasteiger partial charge < -0.3 is 9.80 Å². The molecule has 1 atom stereocenters. The number of likely N-dealkylation sites (tertiary alicyclic amines) is 1. The minimum absolute atomic E-state index is 0.583. The third-order valence-electron chi connectivity index (χ3n) is 3.52. The molecule has 0 amide bonds. The first-order chi connectivity index (χ1) is 6.12. The summed E-state index contributed by atoms with van der Waals surface area (Å²) in [6.45, 7) is 9.58. The van der Waals surface area contributed by atoms with Crippen LogP contribution in [0.2, 0.25) is 0 Å². The highest BCUT2D eigenvalue weighted by Gasteiger charge is 2.35. The molecule has 78 valence electrons. The third-order valence-corrected chi connectivity index (χ3v) is 3.52. The number of nitrogens with zero attached hydrogens (tertiary/aromatic N) is 2. The van der Waals surface area contributed by atoms with Crippen molar-refractivity contribution in [3.8, 4) is 0 Å². The van der Waals surface area contributed by atoms with Crippen LogP contribution in [0.4, 0.5) is 0 Å². The summed E-state index contributed by atoms with van der Waals surface area (Å²) >= 11 is 0. The van der Waals surface area contributed by atoms with Gasteiger partial charge in [0.05, 0.1) is 0 Å². The van der Waals surface area contributed by atoms with Crippen LogP contribution >= 0.6 is 0 Å². The lowest BCUT2D eigenvalue weighted by Crippen LogP contribution is -2.37. The molecule has 1 aliphatic rings. The van der Waals surface area contributed by atoms with Crippen LogP contribution in [0.25, 0.3) is 0 Å². The Labute approximate surface area is 82.9 Å². The van der Waals surface area contributed by atoms with Gasteiger partial charge in [-0.25, -0.2) is 0 Å². The molecule has 2 heteroatoms. The largest absolute Gasteiger partial charge is 0.306 e. The molecule has 1 rings (SSSR count). The van der Waals surface area contributed by atoms with Gasteiger partial charge in [0, 0.05) is 13.1 Å². The van der Waals surface area contributed by atoms with E-state index in [1.807, 2.05) is 0 Å². The SMILES string of the molecule is CCN(C)CC1(CC)CCN(C)C1. The van der Waals surface area contributed by atoms with Crippen LogP contribution in [0.5, 0.6) is 0 Å². The molecule has 1 unspecified atom stereocenters. The smallest absolute Gasteiger partial charge is 0.00476 e. The summed E-state index contributed by atoms with van der Waals surface area (Å²) in [7, 11) is 4.47. The van der Waals surface area contributed by atoms with Gasteiger partial charge >= 0.3 is 0 Å². The zero-order chi connectivity index (χ0) is 9.90. The molecule has 1 aliphatic heterocycles. The Hall–Kier alpha value is -0.0800. The van der Waals surface area contributed by atoms with E-state index < -0.39 is 0 Å². The molecule has 1 saturated heterocycles. The molecule has 0 aliphatic carbocycles. The first-order valence-corrected chi connectivity index (χ1v) is 5.49. The zero-order valence-electron chi connectivity index (χ0n) is 9.64. The van der Waals surface area contributed by atoms with E-state index in [1.165, 1.54) is 39.0 Å². The minimum Gasteiger partial charge on any atom is -0.306 e. The molecule has 0 spiro atoms. The third kappa shape index (κ3) is 2.68. The van der Waals surface area contributed by atoms with Crippen molar-refractivity contribution in [2.45, 2.75) is 26.7 Å². The predicted octanol–water partition coefficient (Wildman–Crippen LogP) is 1.67. The molecule has 0 aromatic carbocycles. The summed E-state index contributed by atoms with van der Waals surface area (Å²) in [5.74, 6) is 0. The summed E-state index contributed by atoms with van der Waals surface area (Å²) in [5.41, 5.74) is 0.583. The Kier molecular flexibility index (Phi) is 3.74. The highest BCUT2D eigenvalue weighted by atomic mass is 15.2. The van der Waals surface area contributed by atoms with E-state index in [9.17, 15) is 0 Å². The maximum Gasteiger partial charge on any atom is 0.00476 e. The van der Waals surface area contributed by atoms with E-state index in [1.54, 1.807) is 0 Å². The van der Waals surface area contributed by atoms with E-state index in [0.717, 1.165) is 0 Å². The molecule has 0 saturated carbocycles. The molecule has 0 aromatic rings. The van der Waals surface area contributed by atoms with Crippen LogP contribution in [-0.2, 0) is 0 Å². The normalized spacial score (nSPS) is 30.2. The Morgan fingerprint density at radius 3 is 2.46 bits per heavy atom. The van der Waals surface area contributed by atoms with Crippen molar-refractivity contribution in [2.75, 3.05) is 40.3 Å². The number of hydrogen-bond acceptors (Lipinski definition) is 2. The first kappa shape index (κ1) is 11.0. The van der Waals surface area contributed by atoms with E-state index in [-0.39, 0.29) is 0 Å². The molecule has 0 radical (unpaired) electrons. The number of hydrogen-bond donors (Lipinski definition) is 0. The van der Waals surface area contributed by atoms with Crippen LogP contribution in [-0.4, -0.2) is 50.1 Å². The molecular weight excluding hydrogens is 160 g/mol. The van der Waals surface area contributed by atoms with Crippen LogP contribution in [0.1, 0.15) is 26.7 Å². The molecule has 13 heavy (non-hydrogen) atoms. The van der Waals surface area contributed by atoms with Gasteiger partial charge in [0.25, 0.3) is 0 Å². The lowest BCUT2D eigenvalue weighted by molar-refractivity contribution is 0.176. The minimum atomic E-state index is 0.583. The maximum atomic E-state index is 2.47. The summed E-state index contributed by atoms with van der Waals surface area (Å²) in [4.78, 5) is 4.91. The summed E-state index contributed by atoms with van der Waals surface area (Å²) in [5, 5.41) is 0. The average molecular weight is 184 g/mol. The van der Waals surface area contributed by atoms with Crippen molar-refractivity contribution >= 4 is 0 Å². The van der Waals surface area contributed by atoms with E-state index in [0.29, 0.717) is 5.41 Å². The van der Waals surface area contributed by atoms with Crippen molar-refractivity contribution in [1.29, 1.82) is 0 Å². The fraction of sp³-hybridized carbons (Fsp3) is 1.00. The quantitative estimate of drug-likeness (QED) is 0.656. The average Bonchev–Trinajstić information content (AvgIpc) is 2.48. The molecular formula is C11H24N2. The second-order valence-electron chi connectivity index (χ2n) is 4.67. The van der Waals surface area contributed by atoms with Crippen LogP contribution in [0.15, 0.2) is 0 Å². The van der Waals surface area contributed by atoms with Crippen LogP contribution in [0, 0.1) is 5.41 Å². The van der Waals surface area contributed by atoms with Gasteiger partial charge in [-0.3, -0.25) is 0 Å². The highest BCUT2D eigenvalue weighted by Crippen LogP contribution is 2.33. The fourth-order valence-corrected chi connectivity index (χ4v) is 2.37. The number of rotatable bonds is 4. The van der Waals surface area contributed by atoms with Crippen molar-refractivity contribution in [3.05, 3.63) is 0 Å². The molecule has 2 nitrogen and oxygen atoms in total. The Morgan fingerprint density at radius 2 is 2.08 bits per heavy atom. The zero-order valence-corrected chi connectivity index (χ0v) is 9.64. The van der Waals surface area contributed by atoms with Gasteiger partial charge in [0.2, 0.25) is 0 Å². The topological polar surface area (TPSA) is 6.48 Å². The molecule has 0 bridgehead atoms. The van der Waals surface area contributed by atoms with Gasteiger partial charge in [-0.1, -0.05) is 13.8 Å². The van der Waals surface area contributed by atoms with Gasteiger partial charge in [-0.05, 0) is 45.4 Å². The van der Waals surface area contributed by atoms with Crippen molar-refractivity contribution in [3.63, 3.8) is 0 Å². The van der Waals surface area contributed by atoms with Gasteiger partial charge in [-0.2, -0.15) is 0 Å². The van der Waals surface area contributed by atoms with Gasteiger partial charge in [0.1, 0.15) is 0 Å². The maximum absolute atomic E-state index is 2.47. The van der Waals surface area contributed by atoms with Gasteiger partial charge in [0.15, 0.2) is 0 Å². The van der Waals surface area contributed by atoms with Gasteiger partial charge in [-0.15, -0.1) is 0 Å². The standard InChI is InChI=1S/C11H24N2/c1-5-11(9-12(3)6-2)7-8-13(4)10-11/h5-10H2,1-4H3. The van der Waals surface area contributed by atoms with E-state index in [4.69, 9.17) is 0 Å². The second-order valence-corrected chi connectivity index (χ2v) is 4.67. The second kappa shape index (κ2) is 4.43. The van der Waals surface area contributed by atoms with Crippen LogP contribution in [0.3, 0.4) is 0 Å². The fourth-order valence-electron chi connectivity index (χ4n) is 2.37. The summed E-state index contributed by atoms with van der Waals surface area (Å²) in [6.07, 6.45) is 2.70. The monoisotopic (exact) mass is 184 g/mol. The Balaban J connectivity index is 2.50. The van der Waals surface area contributed by atoms with Crippen molar-refractivity contribution in [2.24, 2.45) is 5.41 Å².